The van der Waals surface area contributed by atoms with Crippen LogP contribution >= 0.6 is 22.6 Å². The minimum atomic E-state index is -0.250. The van der Waals surface area contributed by atoms with Crippen LogP contribution in [0, 0.1) is 16.3 Å². The first-order chi connectivity index (χ1) is 8.58. The maximum atomic E-state index is 13.0. The molecule has 0 fully saturated rings. The molecule has 6 heteroatoms. The van der Waals surface area contributed by atoms with Gasteiger partial charge in [-0.2, -0.15) is 0 Å². The quantitative estimate of drug-likeness (QED) is 0.827. The van der Waals surface area contributed by atoms with Crippen molar-refractivity contribution in [3.05, 3.63) is 39.5 Å². The van der Waals surface area contributed by atoms with Crippen LogP contribution in [0.15, 0.2) is 24.3 Å². The molecular weight excluding hydrogens is 346 g/mol. The highest BCUT2D eigenvalue weighted by Gasteiger charge is 2.05. The van der Waals surface area contributed by atoms with Gasteiger partial charge in [0.15, 0.2) is 0 Å². The highest BCUT2D eigenvalue weighted by atomic mass is 127. The topological polar surface area (TPSA) is 49.8 Å². The van der Waals surface area contributed by atoms with Gasteiger partial charge >= 0.3 is 0 Å². The first kappa shape index (κ1) is 13.0. The number of benzene rings is 1. The summed E-state index contributed by atoms with van der Waals surface area (Å²) in [6.45, 7) is 1.82. The van der Waals surface area contributed by atoms with Crippen LogP contribution in [0.4, 0.5) is 21.7 Å². The number of hydrogen-bond donors (Lipinski definition) is 2. The minimum absolute atomic E-state index is 0.250. The molecule has 0 aliphatic rings. The van der Waals surface area contributed by atoms with Crippen molar-refractivity contribution in [3.63, 3.8) is 0 Å². The maximum Gasteiger partial charge on any atom is 0.136 e. The summed E-state index contributed by atoms with van der Waals surface area (Å²) in [6.07, 6.45) is 0. The number of nitrogens with one attached hydrogen (secondary N) is 2. The van der Waals surface area contributed by atoms with Gasteiger partial charge in [-0.1, -0.05) is 0 Å². The van der Waals surface area contributed by atoms with Gasteiger partial charge in [0, 0.05) is 16.7 Å². The zero-order valence-corrected chi connectivity index (χ0v) is 12.1. The van der Waals surface area contributed by atoms with Gasteiger partial charge in [-0.05, 0) is 47.7 Å². The van der Waals surface area contributed by atoms with E-state index in [0.717, 1.165) is 15.1 Å². The van der Waals surface area contributed by atoms with Crippen molar-refractivity contribution in [3.8, 4) is 0 Å². The Hall–Kier alpha value is -1.44. The lowest BCUT2D eigenvalue weighted by atomic mass is 10.3. The predicted octanol–water partition coefficient (Wildman–Crippen LogP) is 3.31. The van der Waals surface area contributed by atoms with E-state index < -0.39 is 0 Å². The normalized spacial score (nSPS) is 10.2. The number of rotatable bonds is 3. The summed E-state index contributed by atoms with van der Waals surface area (Å²) in [5.41, 5.74) is 0.817. The molecule has 0 aliphatic heterocycles. The molecule has 2 N–H and O–H groups in total. The zero-order valence-electron chi connectivity index (χ0n) is 9.96. The number of nitrogens with zero attached hydrogens (tertiary/aromatic N) is 2. The Balaban J connectivity index is 2.30. The molecule has 0 bridgehead atoms. The maximum absolute atomic E-state index is 13.0. The molecule has 0 saturated heterocycles. The summed E-state index contributed by atoms with van der Waals surface area (Å²) in [7, 11) is 1.80. The molecular formula is C12H12FIN4. The Morgan fingerprint density at radius 3 is 2.56 bits per heavy atom. The largest absolute Gasteiger partial charge is 0.373 e. The SMILES string of the molecule is CNc1cc(Nc2ccc(F)cc2I)nc(C)n1. The Kier molecular flexibility index (Phi) is 3.95. The molecule has 0 unspecified atom stereocenters. The summed E-state index contributed by atoms with van der Waals surface area (Å²) in [5.74, 6) is 1.83. The molecule has 18 heavy (non-hydrogen) atoms. The van der Waals surface area contributed by atoms with E-state index in [1.54, 1.807) is 19.2 Å². The van der Waals surface area contributed by atoms with E-state index in [4.69, 9.17) is 0 Å². The Bertz CT molecular complexity index is 574. The zero-order chi connectivity index (χ0) is 13.1. The first-order valence-corrected chi connectivity index (χ1v) is 6.42. The Morgan fingerprint density at radius 2 is 1.89 bits per heavy atom. The molecule has 94 valence electrons. The van der Waals surface area contributed by atoms with Crippen LogP contribution in [0.1, 0.15) is 5.82 Å². The van der Waals surface area contributed by atoms with Crippen molar-refractivity contribution >= 4 is 39.9 Å². The van der Waals surface area contributed by atoms with Crippen LogP contribution in [-0.4, -0.2) is 17.0 Å². The molecule has 0 radical (unpaired) electrons. The van der Waals surface area contributed by atoms with E-state index in [-0.39, 0.29) is 5.82 Å². The lowest BCUT2D eigenvalue weighted by molar-refractivity contribution is 0.627. The molecule has 1 aromatic heterocycles. The van der Waals surface area contributed by atoms with Crippen molar-refractivity contribution in [2.75, 3.05) is 17.7 Å². The van der Waals surface area contributed by atoms with Crippen LogP contribution in [-0.2, 0) is 0 Å². The monoisotopic (exact) mass is 358 g/mol. The van der Waals surface area contributed by atoms with Crippen LogP contribution < -0.4 is 10.6 Å². The van der Waals surface area contributed by atoms with Gasteiger partial charge in [-0.25, -0.2) is 14.4 Å². The average molecular weight is 358 g/mol. The van der Waals surface area contributed by atoms with Gasteiger partial charge in [0.05, 0.1) is 5.69 Å². The first-order valence-electron chi connectivity index (χ1n) is 5.34. The molecule has 2 aromatic rings. The average Bonchev–Trinajstić information content (AvgIpc) is 2.32. The number of halogens is 2. The lowest BCUT2D eigenvalue weighted by Crippen LogP contribution is -2.02. The third-order valence-corrected chi connectivity index (χ3v) is 3.18. The molecule has 4 nitrogen and oxygen atoms in total. The second-order valence-electron chi connectivity index (χ2n) is 3.68. The highest BCUT2D eigenvalue weighted by Crippen LogP contribution is 2.23. The second kappa shape index (κ2) is 5.47. The molecule has 0 aliphatic carbocycles. The van der Waals surface area contributed by atoms with Gasteiger partial charge in [0.1, 0.15) is 23.3 Å². The van der Waals surface area contributed by atoms with Crippen LogP contribution in [0.3, 0.4) is 0 Å². The molecule has 0 atom stereocenters. The smallest absolute Gasteiger partial charge is 0.136 e. The molecule has 2 rings (SSSR count). The van der Waals surface area contributed by atoms with E-state index in [1.807, 2.05) is 6.92 Å². The lowest BCUT2D eigenvalue weighted by Gasteiger charge is -2.09. The van der Waals surface area contributed by atoms with Gasteiger partial charge in [-0.15, -0.1) is 0 Å². The number of aromatic nitrogens is 2. The van der Waals surface area contributed by atoms with Gasteiger partial charge in [-0.3, -0.25) is 0 Å². The summed E-state index contributed by atoms with van der Waals surface area (Å²) in [5, 5.41) is 6.11. The third kappa shape index (κ3) is 3.06. The number of hydrogen-bond acceptors (Lipinski definition) is 4. The van der Waals surface area contributed by atoms with Gasteiger partial charge in [0.25, 0.3) is 0 Å². The Labute approximate surface area is 118 Å². The molecule has 1 aromatic carbocycles. The van der Waals surface area contributed by atoms with Crippen LogP contribution in [0.25, 0.3) is 0 Å². The summed E-state index contributed by atoms with van der Waals surface area (Å²) >= 11 is 2.08. The summed E-state index contributed by atoms with van der Waals surface area (Å²) in [4.78, 5) is 8.49. The van der Waals surface area contributed by atoms with Crippen molar-refractivity contribution in [2.45, 2.75) is 6.92 Å². The predicted molar refractivity (Wildman–Crippen MR) is 78.7 cm³/mol. The van der Waals surface area contributed by atoms with Crippen molar-refractivity contribution in [1.29, 1.82) is 0 Å². The fourth-order valence-corrected chi connectivity index (χ4v) is 2.10. The van der Waals surface area contributed by atoms with E-state index >= 15 is 0 Å². The van der Waals surface area contributed by atoms with E-state index in [9.17, 15) is 4.39 Å². The van der Waals surface area contributed by atoms with Crippen LogP contribution in [0.5, 0.6) is 0 Å². The van der Waals surface area contributed by atoms with Crippen molar-refractivity contribution < 1.29 is 4.39 Å². The molecule has 0 spiro atoms. The highest BCUT2D eigenvalue weighted by molar-refractivity contribution is 14.1. The Morgan fingerprint density at radius 1 is 1.17 bits per heavy atom. The number of aryl methyl sites for hydroxylation is 1. The fraction of sp³-hybridized carbons (Fsp3) is 0.167. The van der Waals surface area contributed by atoms with E-state index in [2.05, 4.69) is 43.2 Å². The standard InChI is InChI=1S/C12H12FIN4/c1-7-16-11(15-2)6-12(17-7)18-10-4-3-8(13)5-9(10)14/h3-6H,1-2H3,(H2,15,16,17,18). The third-order valence-electron chi connectivity index (χ3n) is 2.29. The fourth-order valence-electron chi connectivity index (χ4n) is 1.49. The molecule has 0 saturated carbocycles. The summed E-state index contributed by atoms with van der Waals surface area (Å²) < 4.78 is 13.8. The molecule has 0 amide bonds. The second-order valence-corrected chi connectivity index (χ2v) is 4.85. The summed E-state index contributed by atoms with van der Waals surface area (Å²) in [6, 6.07) is 6.37. The van der Waals surface area contributed by atoms with Gasteiger partial charge in [0.2, 0.25) is 0 Å². The number of anilines is 3. The van der Waals surface area contributed by atoms with Crippen molar-refractivity contribution in [2.24, 2.45) is 0 Å². The van der Waals surface area contributed by atoms with E-state index in [1.165, 1.54) is 12.1 Å². The molecule has 1 heterocycles. The van der Waals surface area contributed by atoms with Crippen LogP contribution in [0.2, 0.25) is 0 Å². The van der Waals surface area contributed by atoms with Gasteiger partial charge < -0.3 is 10.6 Å². The van der Waals surface area contributed by atoms with E-state index in [0.29, 0.717) is 11.6 Å². The van der Waals surface area contributed by atoms with Crippen molar-refractivity contribution in [1.82, 2.24) is 9.97 Å². The minimum Gasteiger partial charge on any atom is -0.373 e.